The van der Waals surface area contributed by atoms with E-state index in [0.717, 1.165) is 26.2 Å². The van der Waals surface area contributed by atoms with Crippen molar-refractivity contribution in [2.45, 2.75) is 0 Å². The van der Waals surface area contributed by atoms with Gasteiger partial charge in [-0.1, -0.05) is 11.6 Å². The Balaban J connectivity index is 1.57. The van der Waals surface area contributed by atoms with Crippen molar-refractivity contribution >= 4 is 40.3 Å². The molecule has 0 saturated carbocycles. The van der Waals surface area contributed by atoms with E-state index in [1.807, 2.05) is 12.1 Å². The molecule has 0 spiro atoms. The number of benzene rings is 1. The molecule has 0 aliphatic carbocycles. The molecule has 7 heteroatoms. The van der Waals surface area contributed by atoms with E-state index in [1.54, 1.807) is 18.5 Å². The maximum atomic E-state index is 13.2. The topological polar surface area (TPSA) is 31.4 Å². The van der Waals surface area contributed by atoms with Gasteiger partial charge in [0.05, 0.1) is 5.02 Å². The molecule has 1 aliphatic heterocycles. The zero-order chi connectivity index (χ0) is 16.2. The van der Waals surface area contributed by atoms with E-state index < -0.39 is 5.82 Å². The van der Waals surface area contributed by atoms with E-state index in [4.69, 9.17) is 23.8 Å². The van der Waals surface area contributed by atoms with Crippen molar-refractivity contribution in [2.24, 2.45) is 0 Å². The summed E-state index contributed by atoms with van der Waals surface area (Å²) in [5.41, 5.74) is 1.86. The second-order valence-corrected chi connectivity index (χ2v) is 6.03. The van der Waals surface area contributed by atoms with E-state index in [1.165, 1.54) is 17.8 Å². The zero-order valence-corrected chi connectivity index (χ0v) is 13.9. The van der Waals surface area contributed by atoms with Crippen LogP contribution in [0.3, 0.4) is 0 Å². The molecule has 4 nitrogen and oxygen atoms in total. The fourth-order valence-electron chi connectivity index (χ4n) is 2.50. The molecule has 23 heavy (non-hydrogen) atoms. The molecule has 0 radical (unpaired) electrons. The molecule has 1 N–H and O–H groups in total. The first kappa shape index (κ1) is 16.0. The van der Waals surface area contributed by atoms with Gasteiger partial charge in [-0.2, -0.15) is 0 Å². The number of aromatic nitrogens is 1. The van der Waals surface area contributed by atoms with Crippen LogP contribution < -0.4 is 10.2 Å². The molecule has 1 fully saturated rings. The van der Waals surface area contributed by atoms with Crippen LogP contribution in [0.1, 0.15) is 0 Å². The fourth-order valence-corrected chi connectivity index (χ4v) is 2.98. The van der Waals surface area contributed by atoms with Crippen LogP contribution in [0.25, 0.3) is 0 Å². The number of hydrogen-bond donors (Lipinski definition) is 1. The smallest absolute Gasteiger partial charge is 0.173 e. The lowest BCUT2D eigenvalue weighted by Crippen LogP contribution is -2.50. The summed E-state index contributed by atoms with van der Waals surface area (Å²) in [4.78, 5) is 8.44. The quantitative estimate of drug-likeness (QED) is 0.839. The average molecular weight is 351 g/mol. The number of nitrogens with zero attached hydrogens (tertiary/aromatic N) is 3. The lowest BCUT2D eigenvalue weighted by Gasteiger charge is -2.37. The molecule has 2 aromatic rings. The van der Waals surface area contributed by atoms with Gasteiger partial charge in [0.1, 0.15) is 5.82 Å². The number of hydrogen-bond acceptors (Lipinski definition) is 3. The third kappa shape index (κ3) is 3.89. The van der Waals surface area contributed by atoms with Crippen molar-refractivity contribution in [3.05, 3.63) is 53.6 Å². The van der Waals surface area contributed by atoms with Crippen molar-refractivity contribution in [2.75, 3.05) is 36.4 Å². The van der Waals surface area contributed by atoms with E-state index in [2.05, 4.69) is 20.1 Å². The first-order valence-corrected chi connectivity index (χ1v) is 8.08. The summed E-state index contributed by atoms with van der Waals surface area (Å²) >= 11 is 11.2. The molecule has 1 aromatic heterocycles. The van der Waals surface area contributed by atoms with Crippen molar-refractivity contribution in [1.29, 1.82) is 0 Å². The van der Waals surface area contributed by atoms with E-state index in [-0.39, 0.29) is 5.02 Å². The SMILES string of the molecule is Fc1ccc(NC(=S)N2CCN(c3ccncc3)CC2)cc1Cl. The lowest BCUT2D eigenvalue weighted by molar-refractivity contribution is 0.391. The Morgan fingerprint density at radius 1 is 1.13 bits per heavy atom. The maximum absolute atomic E-state index is 13.2. The number of anilines is 2. The van der Waals surface area contributed by atoms with Crippen LogP contribution in [-0.4, -0.2) is 41.2 Å². The maximum Gasteiger partial charge on any atom is 0.173 e. The van der Waals surface area contributed by atoms with Crippen molar-refractivity contribution in [3.63, 3.8) is 0 Å². The Morgan fingerprint density at radius 3 is 2.48 bits per heavy atom. The Labute approximate surface area is 144 Å². The van der Waals surface area contributed by atoms with Crippen LogP contribution in [-0.2, 0) is 0 Å². The van der Waals surface area contributed by atoms with Crippen LogP contribution in [0.4, 0.5) is 15.8 Å². The summed E-state index contributed by atoms with van der Waals surface area (Å²) in [6.07, 6.45) is 3.60. The molecule has 3 rings (SSSR count). The van der Waals surface area contributed by atoms with Crippen LogP contribution in [0, 0.1) is 5.82 Å². The highest BCUT2D eigenvalue weighted by Crippen LogP contribution is 2.20. The fraction of sp³-hybridized carbons (Fsp3) is 0.250. The highest BCUT2D eigenvalue weighted by molar-refractivity contribution is 7.80. The van der Waals surface area contributed by atoms with Gasteiger partial charge in [-0.15, -0.1) is 0 Å². The minimum Gasteiger partial charge on any atom is -0.368 e. The summed E-state index contributed by atoms with van der Waals surface area (Å²) in [5.74, 6) is -0.436. The molecular weight excluding hydrogens is 335 g/mol. The molecule has 1 aliphatic rings. The van der Waals surface area contributed by atoms with E-state index in [9.17, 15) is 4.39 Å². The Morgan fingerprint density at radius 2 is 1.83 bits per heavy atom. The van der Waals surface area contributed by atoms with E-state index in [0.29, 0.717) is 10.8 Å². The molecule has 1 saturated heterocycles. The van der Waals surface area contributed by atoms with Crippen molar-refractivity contribution in [1.82, 2.24) is 9.88 Å². The second-order valence-electron chi connectivity index (χ2n) is 5.24. The highest BCUT2D eigenvalue weighted by Gasteiger charge is 2.19. The van der Waals surface area contributed by atoms with Gasteiger partial charge in [-0.3, -0.25) is 4.98 Å². The molecule has 0 unspecified atom stereocenters. The summed E-state index contributed by atoms with van der Waals surface area (Å²) in [6, 6.07) is 8.51. The van der Waals surface area contributed by atoms with Gasteiger partial charge in [0.2, 0.25) is 0 Å². The third-order valence-electron chi connectivity index (χ3n) is 3.77. The van der Waals surface area contributed by atoms with Gasteiger partial charge in [-0.05, 0) is 42.5 Å². The monoisotopic (exact) mass is 350 g/mol. The van der Waals surface area contributed by atoms with Gasteiger partial charge in [-0.25, -0.2) is 4.39 Å². The van der Waals surface area contributed by atoms with Crippen LogP contribution in [0.5, 0.6) is 0 Å². The van der Waals surface area contributed by atoms with Crippen molar-refractivity contribution < 1.29 is 4.39 Å². The number of pyridine rings is 1. The molecule has 1 aromatic carbocycles. The number of piperazine rings is 1. The van der Waals surface area contributed by atoms with Crippen LogP contribution in [0.15, 0.2) is 42.7 Å². The summed E-state index contributed by atoms with van der Waals surface area (Å²) in [6.45, 7) is 3.41. The number of halogens is 2. The summed E-state index contributed by atoms with van der Waals surface area (Å²) in [5, 5.41) is 3.82. The first-order chi connectivity index (χ1) is 11.1. The summed E-state index contributed by atoms with van der Waals surface area (Å²) < 4.78 is 13.2. The van der Waals surface area contributed by atoms with Crippen LogP contribution in [0.2, 0.25) is 5.02 Å². The van der Waals surface area contributed by atoms with Gasteiger partial charge >= 0.3 is 0 Å². The molecule has 0 amide bonds. The summed E-state index contributed by atoms with van der Waals surface area (Å²) in [7, 11) is 0. The van der Waals surface area contributed by atoms with Crippen molar-refractivity contribution in [3.8, 4) is 0 Å². The average Bonchev–Trinajstić information content (AvgIpc) is 2.59. The van der Waals surface area contributed by atoms with Gasteiger partial charge in [0.15, 0.2) is 5.11 Å². The van der Waals surface area contributed by atoms with Gasteiger partial charge in [0, 0.05) is 49.9 Å². The highest BCUT2D eigenvalue weighted by atomic mass is 35.5. The number of nitrogens with one attached hydrogen (secondary N) is 1. The third-order valence-corrected chi connectivity index (χ3v) is 4.42. The number of thiocarbonyl (C=S) groups is 1. The predicted octanol–water partition coefficient (Wildman–Crippen LogP) is 3.39. The van der Waals surface area contributed by atoms with E-state index >= 15 is 0 Å². The molecule has 0 bridgehead atoms. The number of rotatable bonds is 2. The zero-order valence-electron chi connectivity index (χ0n) is 12.4. The Bertz CT molecular complexity index is 690. The van der Waals surface area contributed by atoms with Crippen LogP contribution >= 0.6 is 23.8 Å². The molecular formula is C16H16ClFN4S. The molecule has 2 heterocycles. The minimum absolute atomic E-state index is 0.0836. The minimum atomic E-state index is -0.436. The van der Waals surface area contributed by atoms with Gasteiger partial charge < -0.3 is 15.1 Å². The normalized spacial score (nSPS) is 14.7. The Kier molecular flexibility index (Phi) is 4.93. The largest absolute Gasteiger partial charge is 0.368 e. The molecule has 0 atom stereocenters. The van der Waals surface area contributed by atoms with Gasteiger partial charge in [0.25, 0.3) is 0 Å². The predicted molar refractivity (Wildman–Crippen MR) is 95.7 cm³/mol. The lowest BCUT2D eigenvalue weighted by atomic mass is 10.2. The molecule has 120 valence electrons. The Hall–Kier alpha value is -1.92. The second kappa shape index (κ2) is 7.10. The standard InChI is InChI=1S/C16H16ClFN4S/c17-14-11-12(1-2-15(14)18)20-16(23)22-9-7-21(8-10-22)13-3-5-19-6-4-13/h1-6,11H,7-10H2,(H,20,23). The first-order valence-electron chi connectivity index (χ1n) is 7.29.